The molecule has 0 atom stereocenters. The van der Waals surface area contributed by atoms with Crippen molar-refractivity contribution in [2.75, 3.05) is 6.61 Å². The van der Waals surface area contributed by atoms with Crippen LogP contribution >= 0.6 is 0 Å². The molecule has 1 aromatic heterocycles. The maximum absolute atomic E-state index is 12.3. The Morgan fingerprint density at radius 1 is 0.513 bits per heavy atom. The minimum atomic E-state index is -0.179. The molecule has 0 saturated carbocycles. The first-order valence-electron chi connectivity index (χ1n) is 17.4. The van der Waals surface area contributed by atoms with E-state index in [4.69, 9.17) is 4.74 Å². The Morgan fingerprint density at radius 3 is 1.23 bits per heavy atom. The first kappa shape index (κ1) is 35.6. The smallest absolute Gasteiger partial charge is 0.338 e. The topological polar surface area (TPSA) is 30.2 Å². The van der Waals surface area contributed by atoms with E-state index in [0.717, 1.165) is 19.4 Å². The van der Waals surface area contributed by atoms with Crippen molar-refractivity contribution >= 4 is 5.97 Å². The van der Waals surface area contributed by atoms with Crippen LogP contribution in [0, 0.1) is 0 Å². The highest BCUT2D eigenvalue weighted by molar-refractivity contribution is 5.88. The van der Waals surface area contributed by atoms with Gasteiger partial charge < -0.3 is 4.74 Å². The van der Waals surface area contributed by atoms with Crippen molar-refractivity contribution in [3.63, 3.8) is 0 Å². The molecule has 0 aromatic carbocycles. The van der Waals surface area contributed by atoms with Gasteiger partial charge in [-0.15, -0.1) is 0 Å². The maximum Gasteiger partial charge on any atom is 0.338 e. The summed E-state index contributed by atoms with van der Waals surface area (Å²) in [6.07, 6.45) is 39.4. The molecule has 0 aliphatic heterocycles. The van der Waals surface area contributed by atoms with Gasteiger partial charge in [-0.1, -0.05) is 162 Å². The molecule has 0 fully saturated rings. The number of hydrogen-bond acceptors (Lipinski definition) is 2. The van der Waals surface area contributed by atoms with Gasteiger partial charge in [-0.3, -0.25) is 0 Å². The molecule has 1 heterocycles. The van der Waals surface area contributed by atoms with Gasteiger partial charge in [0.1, 0.15) is 6.54 Å². The number of nitrogens with zero attached hydrogens (tertiary/aromatic N) is 1. The molecule has 226 valence electrons. The summed E-state index contributed by atoms with van der Waals surface area (Å²) in [7, 11) is 0. The molecule has 0 bridgehead atoms. The Morgan fingerprint density at radius 2 is 0.846 bits per heavy atom. The molecule has 0 N–H and O–H groups in total. The third-order valence-electron chi connectivity index (χ3n) is 8.13. The molecule has 0 aliphatic carbocycles. The van der Waals surface area contributed by atoms with Crippen molar-refractivity contribution in [2.45, 2.75) is 187 Å². The predicted molar refractivity (Wildman–Crippen MR) is 168 cm³/mol. The van der Waals surface area contributed by atoms with E-state index in [-0.39, 0.29) is 5.97 Å². The van der Waals surface area contributed by atoms with E-state index in [9.17, 15) is 4.79 Å². The number of esters is 1. The number of carbonyl (C=O) groups is 1. The summed E-state index contributed by atoms with van der Waals surface area (Å²) in [4.78, 5) is 12.3. The lowest BCUT2D eigenvalue weighted by atomic mass is 10.0. The second-order valence-electron chi connectivity index (χ2n) is 11.9. The standard InChI is InChI=1S/C36H66NO2/c1-3-5-7-9-11-13-15-17-18-19-21-23-25-27-31-37-32-29-35(30-33-37)36(38)39-34-28-26-24-22-20-16-14-12-10-8-6-4-2/h29-30,32-33H,3-28,31,34H2,1-2H3/q+1. The molecular weight excluding hydrogens is 478 g/mol. The second-order valence-corrected chi connectivity index (χ2v) is 11.9. The van der Waals surface area contributed by atoms with Crippen LogP contribution in [0.25, 0.3) is 0 Å². The first-order valence-corrected chi connectivity index (χ1v) is 17.4. The Bertz CT molecular complexity index is 642. The van der Waals surface area contributed by atoms with Crippen LogP contribution < -0.4 is 4.57 Å². The molecule has 3 heteroatoms. The molecule has 0 saturated heterocycles. The SMILES string of the molecule is CCCCCCCCCCCCCCCC[n+]1ccc(C(=O)OCCCCCCCCCCCCCC)cc1. The highest BCUT2D eigenvalue weighted by Crippen LogP contribution is 2.14. The van der Waals surface area contributed by atoms with E-state index < -0.39 is 0 Å². The zero-order valence-corrected chi connectivity index (χ0v) is 26.4. The summed E-state index contributed by atoms with van der Waals surface area (Å²) < 4.78 is 7.70. The fourth-order valence-electron chi connectivity index (χ4n) is 5.42. The lowest BCUT2D eigenvalue weighted by Crippen LogP contribution is -2.32. The molecule has 0 radical (unpaired) electrons. The maximum atomic E-state index is 12.3. The van der Waals surface area contributed by atoms with Gasteiger partial charge in [0.05, 0.1) is 12.2 Å². The van der Waals surface area contributed by atoms with Gasteiger partial charge in [-0.2, -0.15) is 0 Å². The summed E-state index contributed by atoms with van der Waals surface area (Å²) in [6.45, 7) is 6.15. The number of rotatable bonds is 29. The highest BCUT2D eigenvalue weighted by atomic mass is 16.5. The molecule has 3 nitrogen and oxygen atoms in total. The van der Waals surface area contributed by atoms with Crippen LogP contribution in [0.4, 0.5) is 0 Å². The molecule has 1 aromatic rings. The van der Waals surface area contributed by atoms with Gasteiger partial charge in [-0.05, 0) is 12.8 Å². The third-order valence-corrected chi connectivity index (χ3v) is 8.13. The third kappa shape index (κ3) is 23.1. The number of unbranched alkanes of at least 4 members (excludes halogenated alkanes) is 24. The van der Waals surface area contributed by atoms with E-state index in [2.05, 4.69) is 18.4 Å². The van der Waals surface area contributed by atoms with E-state index in [1.807, 2.05) is 24.5 Å². The molecule has 0 unspecified atom stereocenters. The normalized spacial score (nSPS) is 11.2. The average molecular weight is 545 g/mol. The molecule has 0 spiro atoms. The van der Waals surface area contributed by atoms with Crippen molar-refractivity contribution in [1.82, 2.24) is 0 Å². The predicted octanol–water partition coefficient (Wildman–Crippen LogP) is 11.3. The molecule has 1 rings (SSSR count). The molecule has 39 heavy (non-hydrogen) atoms. The Kier molecular flexibility index (Phi) is 25.7. The largest absolute Gasteiger partial charge is 0.462 e. The van der Waals surface area contributed by atoms with Gasteiger partial charge in [0, 0.05) is 18.6 Å². The molecule has 0 amide bonds. The van der Waals surface area contributed by atoms with Crippen molar-refractivity contribution in [3.05, 3.63) is 30.1 Å². The van der Waals surface area contributed by atoms with Crippen LogP contribution in [0.15, 0.2) is 24.5 Å². The Labute approximate surface area is 243 Å². The van der Waals surface area contributed by atoms with Crippen molar-refractivity contribution in [1.29, 1.82) is 0 Å². The number of pyridine rings is 1. The fraction of sp³-hybridized carbons (Fsp3) is 0.833. The van der Waals surface area contributed by atoms with Gasteiger partial charge >= 0.3 is 5.97 Å². The summed E-state index contributed by atoms with van der Waals surface area (Å²) in [5.74, 6) is -0.179. The zero-order chi connectivity index (χ0) is 28.1. The molecular formula is C36H66NO2+. The van der Waals surface area contributed by atoms with Crippen LogP contribution in [0.1, 0.15) is 191 Å². The van der Waals surface area contributed by atoms with Crippen LogP contribution in [-0.4, -0.2) is 12.6 Å². The van der Waals surface area contributed by atoms with Gasteiger partial charge in [-0.25, -0.2) is 9.36 Å². The number of aryl methyl sites for hydroxylation is 1. The zero-order valence-electron chi connectivity index (χ0n) is 26.4. The first-order chi connectivity index (χ1) is 19.3. The summed E-state index contributed by atoms with van der Waals surface area (Å²) in [5.41, 5.74) is 0.672. The molecule has 0 aliphatic rings. The minimum absolute atomic E-state index is 0.179. The van der Waals surface area contributed by atoms with Crippen molar-refractivity contribution in [3.8, 4) is 0 Å². The van der Waals surface area contributed by atoms with Gasteiger partial charge in [0.15, 0.2) is 12.4 Å². The van der Waals surface area contributed by atoms with Gasteiger partial charge in [0.25, 0.3) is 0 Å². The number of hydrogen-bond donors (Lipinski definition) is 0. The Hall–Kier alpha value is -1.38. The summed E-state index contributed by atoms with van der Waals surface area (Å²) >= 11 is 0. The van der Waals surface area contributed by atoms with Gasteiger partial charge in [0.2, 0.25) is 0 Å². The van der Waals surface area contributed by atoms with Crippen molar-refractivity contribution in [2.24, 2.45) is 0 Å². The van der Waals surface area contributed by atoms with E-state index in [1.54, 1.807) is 0 Å². The monoisotopic (exact) mass is 545 g/mol. The van der Waals surface area contributed by atoms with E-state index in [1.165, 1.54) is 154 Å². The second kappa shape index (κ2) is 28.2. The summed E-state index contributed by atoms with van der Waals surface area (Å²) in [5, 5.41) is 0. The summed E-state index contributed by atoms with van der Waals surface area (Å²) in [6, 6.07) is 3.82. The number of aromatic nitrogens is 1. The minimum Gasteiger partial charge on any atom is -0.462 e. The van der Waals surface area contributed by atoms with E-state index >= 15 is 0 Å². The van der Waals surface area contributed by atoms with Crippen LogP contribution in [-0.2, 0) is 11.3 Å². The number of ether oxygens (including phenoxy) is 1. The van der Waals surface area contributed by atoms with E-state index in [0.29, 0.717) is 12.2 Å². The van der Waals surface area contributed by atoms with Crippen molar-refractivity contribution < 1.29 is 14.1 Å². The van der Waals surface area contributed by atoms with Crippen LogP contribution in [0.5, 0.6) is 0 Å². The quantitative estimate of drug-likeness (QED) is 0.0570. The number of carbonyl (C=O) groups excluding carboxylic acids is 1. The Balaban J connectivity index is 1.91. The lowest BCUT2D eigenvalue weighted by Gasteiger charge is -2.05. The highest BCUT2D eigenvalue weighted by Gasteiger charge is 2.09. The average Bonchev–Trinajstić information content (AvgIpc) is 2.96. The fourth-order valence-corrected chi connectivity index (χ4v) is 5.42. The van der Waals surface area contributed by atoms with Crippen LogP contribution in [0.3, 0.4) is 0 Å². The van der Waals surface area contributed by atoms with Crippen LogP contribution in [0.2, 0.25) is 0 Å². The lowest BCUT2D eigenvalue weighted by molar-refractivity contribution is -0.697.